The lowest BCUT2D eigenvalue weighted by molar-refractivity contribution is 0.156. The van der Waals surface area contributed by atoms with E-state index in [1.807, 2.05) is 6.92 Å². The van der Waals surface area contributed by atoms with Crippen LogP contribution >= 0.6 is 0 Å². The van der Waals surface area contributed by atoms with E-state index in [-0.39, 0.29) is 24.9 Å². The van der Waals surface area contributed by atoms with Gasteiger partial charge in [-0.05, 0) is 18.1 Å². The Bertz CT molecular complexity index is 354. The van der Waals surface area contributed by atoms with E-state index in [1.165, 1.54) is 12.1 Å². The number of nitrogens with two attached hydrogens (primary N) is 1. The average Bonchev–Trinajstić information content (AvgIpc) is 2.25. The molecule has 1 aromatic rings. The van der Waals surface area contributed by atoms with Gasteiger partial charge in [-0.2, -0.15) is 0 Å². The summed E-state index contributed by atoms with van der Waals surface area (Å²) in [7, 11) is 0. The van der Waals surface area contributed by atoms with Crippen molar-refractivity contribution in [1.82, 2.24) is 0 Å². The van der Waals surface area contributed by atoms with E-state index in [1.54, 1.807) is 0 Å². The summed E-state index contributed by atoms with van der Waals surface area (Å²) in [4.78, 5) is 0. The van der Waals surface area contributed by atoms with Crippen LogP contribution in [0, 0.1) is 11.6 Å². The lowest BCUT2D eigenvalue weighted by atomic mass is 9.91. The molecule has 1 aromatic carbocycles. The van der Waals surface area contributed by atoms with Crippen molar-refractivity contribution >= 4 is 0 Å². The molecule has 0 saturated carbocycles. The second-order valence-corrected chi connectivity index (χ2v) is 3.99. The molecule has 1 unspecified atom stereocenters. The van der Waals surface area contributed by atoms with Crippen LogP contribution in [-0.4, -0.2) is 12.2 Å². The maximum absolute atomic E-state index is 14.1. The van der Waals surface area contributed by atoms with Crippen LogP contribution in [0.25, 0.3) is 0 Å². The summed E-state index contributed by atoms with van der Waals surface area (Å²) in [5.41, 5.74) is 3.73. The van der Waals surface area contributed by atoms with E-state index in [4.69, 9.17) is 5.73 Å². The molecule has 1 rings (SSSR count). The number of hydrogen-bond donors (Lipinski definition) is 1. The molecule has 0 aliphatic heterocycles. The lowest BCUT2D eigenvalue weighted by Gasteiger charge is -2.23. The zero-order valence-electron chi connectivity index (χ0n) is 9.27. The fourth-order valence-electron chi connectivity index (χ4n) is 1.74. The summed E-state index contributed by atoms with van der Waals surface area (Å²) in [5.74, 6) is -1.93. The third-order valence-corrected chi connectivity index (χ3v) is 2.60. The summed E-state index contributed by atoms with van der Waals surface area (Å²) in [6.07, 6.45) is 0.686. The second-order valence-electron chi connectivity index (χ2n) is 3.99. The minimum absolute atomic E-state index is 0.0430. The number of benzene rings is 1. The Morgan fingerprint density at radius 1 is 1.31 bits per heavy atom. The van der Waals surface area contributed by atoms with Gasteiger partial charge in [-0.3, -0.25) is 0 Å². The third kappa shape index (κ3) is 2.98. The van der Waals surface area contributed by atoms with E-state index in [2.05, 4.69) is 0 Å². The van der Waals surface area contributed by atoms with Gasteiger partial charge in [0.1, 0.15) is 5.67 Å². The quantitative estimate of drug-likeness (QED) is 0.828. The van der Waals surface area contributed by atoms with Crippen LogP contribution in [0.1, 0.15) is 25.3 Å². The molecule has 0 heterocycles. The van der Waals surface area contributed by atoms with Gasteiger partial charge in [-0.25, -0.2) is 13.2 Å². The Kier molecular flexibility index (Phi) is 4.35. The molecule has 4 heteroatoms. The van der Waals surface area contributed by atoms with Crippen LogP contribution < -0.4 is 5.73 Å². The van der Waals surface area contributed by atoms with Crippen LogP contribution in [0.15, 0.2) is 18.2 Å². The predicted molar refractivity (Wildman–Crippen MR) is 57.9 cm³/mol. The predicted octanol–water partition coefficient (Wildman–Crippen LogP) is 2.97. The first-order chi connectivity index (χ1) is 7.52. The van der Waals surface area contributed by atoms with Crippen molar-refractivity contribution in [2.45, 2.75) is 31.9 Å². The van der Waals surface area contributed by atoms with E-state index < -0.39 is 17.3 Å². The molecule has 0 aromatic heterocycles. The van der Waals surface area contributed by atoms with Crippen molar-refractivity contribution < 1.29 is 13.2 Å². The Hall–Kier alpha value is -1.03. The molecule has 1 nitrogen and oxygen atoms in total. The van der Waals surface area contributed by atoms with Gasteiger partial charge < -0.3 is 5.73 Å². The summed E-state index contributed by atoms with van der Waals surface area (Å²) in [5, 5.41) is 0. The summed E-state index contributed by atoms with van der Waals surface area (Å²) >= 11 is 0. The first-order valence-electron chi connectivity index (χ1n) is 5.34. The van der Waals surface area contributed by atoms with Gasteiger partial charge in [0.15, 0.2) is 11.6 Å². The van der Waals surface area contributed by atoms with Crippen LogP contribution in [0.2, 0.25) is 0 Å². The van der Waals surface area contributed by atoms with Crippen LogP contribution in [-0.2, 0) is 6.42 Å². The first-order valence-corrected chi connectivity index (χ1v) is 5.34. The van der Waals surface area contributed by atoms with Crippen molar-refractivity contribution in [3.8, 4) is 0 Å². The van der Waals surface area contributed by atoms with Gasteiger partial charge in [-0.1, -0.05) is 25.5 Å². The van der Waals surface area contributed by atoms with Crippen molar-refractivity contribution in [2.75, 3.05) is 6.54 Å². The summed E-state index contributed by atoms with van der Waals surface area (Å²) in [6.45, 7) is 1.64. The Labute approximate surface area is 93.5 Å². The van der Waals surface area contributed by atoms with E-state index >= 15 is 0 Å². The van der Waals surface area contributed by atoms with Gasteiger partial charge in [0.25, 0.3) is 0 Å². The molecule has 90 valence electrons. The lowest BCUT2D eigenvalue weighted by Crippen LogP contribution is -2.35. The highest BCUT2D eigenvalue weighted by Gasteiger charge is 2.28. The molecule has 0 fully saturated rings. The minimum atomic E-state index is -1.65. The SMILES string of the molecule is CCCC(F)(CN)Cc1cccc(F)c1F. The molecular formula is C12H16F3N. The molecule has 0 bridgehead atoms. The van der Waals surface area contributed by atoms with Gasteiger partial charge >= 0.3 is 0 Å². The Morgan fingerprint density at radius 2 is 2.00 bits per heavy atom. The van der Waals surface area contributed by atoms with Crippen molar-refractivity contribution in [3.05, 3.63) is 35.4 Å². The standard InChI is InChI=1S/C12H16F3N/c1-2-6-12(15,8-16)7-9-4-3-5-10(13)11(9)14/h3-5H,2,6-8,16H2,1H3. The molecule has 0 aliphatic carbocycles. The monoisotopic (exact) mass is 231 g/mol. The number of hydrogen-bond acceptors (Lipinski definition) is 1. The van der Waals surface area contributed by atoms with Crippen molar-refractivity contribution in [2.24, 2.45) is 5.73 Å². The van der Waals surface area contributed by atoms with Gasteiger partial charge in [-0.15, -0.1) is 0 Å². The van der Waals surface area contributed by atoms with Crippen molar-refractivity contribution in [1.29, 1.82) is 0 Å². The molecule has 0 saturated heterocycles. The number of alkyl halides is 1. The molecule has 0 spiro atoms. The fraction of sp³-hybridized carbons (Fsp3) is 0.500. The Balaban J connectivity index is 2.90. The zero-order chi connectivity index (χ0) is 12.2. The highest BCUT2D eigenvalue weighted by Crippen LogP contribution is 2.24. The summed E-state index contributed by atoms with van der Waals surface area (Å²) < 4.78 is 40.3. The van der Waals surface area contributed by atoms with Crippen LogP contribution in [0.3, 0.4) is 0 Å². The van der Waals surface area contributed by atoms with Crippen LogP contribution in [0.5, 0.6) is 0 Å². The third-order valence-electron chi connectivity index (χ3n) is 2.60. The van der Waals surface area contributed by atoms with Crippen molar-refractivity contribution in [3.63, 3.8) is 0 Å². The number of rotatable bonds is 5. The van der Waals surface area contributed by atoms with E-state index in [0.29, 0.717) is 6.42 Å². The van der Waals surface area contributed by atoms with E-state index in [9.17, 15) is 13.2 Å². The molecule has 16 heavy (non-hydrogen) atoms. The second kappa shape index (κ2) is 5.34. The highest BCUT2D eigenvalue weighted by atomic mass is 19.2. The molecule has 0 radical (unpaired) electrons. The van der Waals surface area contributed by atoms with Gasteiger partial charge in [0, 0.05) is 13.0 Å². The molecule has 1 atom stereocenters. The van der Waals surface area contributed by atoms with Gasteiger partial charge in [0.2, 0.25) is 0 Å². The topological polar surface area (TPSA) is 26.0 Å². The number of halogens is 3. The first kappa shape index (κ1) is 13.0. The molecule has 2 N–H and O–H groups in total. The van der Waals surface area contributed by atoms with E-state index in [0.717, 1.165) is 6.07 Å². The fourth-order valence-corrected chi connectivity index (χ4v) is 1.74. The summed E-state index contributed by atoms with van der Waals surface area (Å²) in [6, 6.07) is 3.77. The maximum atomic E-state index is 14.1. The average molecular weight is 231 g/mol. The largest absolute Gasteiger partial charge is 0.328 e. The Morgan fingerprint density at radius 3 is 2.56 bits per heavy atom. The molecular weight excluding hydrogens is 215 g/mol. The normalized spacial score (nSPS) is 14.8. The maximum Gasteiger partial charge on any atom is 0.162 e. The molecule has 0 aliphatic rings. The minimum Gasteiger partial charge on any atom is -0.328 e. The van der Waals surface area contributed by atoms with Crippen LogP contribution in [0.4, 0.5) is 13.2 Å². The molecule has 0 amide bonds. The highest BCUT2D eigenvalue weighted by molar-refractivity contribution is 5.21. The van der Waals surface area contributed by atoms with Gasteiger partial charge in [0.05, 0.1) is 0 Å². The smallest absolute Gasteiger partial charge is 0.162 e. The zero-order valence-corrected chi connectivity index (χ0v) is 9.27.